The number of ether oxygens (including phenoxy) is 1. The molecular formula is C12H24N2O3. The topological polar surface area (TPSA) is 70.6 Å². The second-order valence-corrected chi connectivity index (χ2v) is 4.39. The van der Waals surface area contributed by atoms with Gasteiger partial charge in [0.1, 0.15) is 0 Å². The Morgan fingerprint density at radius 2 is 1.76 bits per heavy atom. The molecule has 100 valence electrons. The number of nitrogens with one attached hydrogen (secondary N) is 2. The van der Waals surface area contributed by atoms with E-state index < -0.39 is 0 Å². The van der Waals surface area contributed by atoms with Gasteiger partial charge < -0.3 is 20.5 Å². The fourth-order valence-corrected chi connectivity index (χ4v) is 2.03. The largest absolute Gasteiger partial charge is 0.395 e. The second-order valence-electron chi connectivity index (χ2n) is 4.39. The maximum atomic E-state index is 11.1. The van der Waals surface area contributed by atoms with Crippen molar-refractivity contribution in [2.24, 2.45) is 0 Å². The predicted molar refractivity (Wildman–Crippen MR) is 65.9 cm³/mol. The molecule has 1 aliphatic carbocycles. The van der Waals surface area contributed by atoms with Crippen LogP contribution in [0.25, 0.3) is 0 Å². The number of carbonyl (C=O) groups excluding carboxylic acids is 1. The third kappa shape index (κ3) is 7.18. The molecule has 1 rings (SSSR count). The summed E-state index contributed by atoms with van der Waals surface area (Å²) in [4.78, 5) is 11.1. The van der Waals surface area contributed by atoms with Crippen LogP contribution in [0, 0.1) is 0 Å². The van der Waals surface area contributed by atoms with E-state index in [9.17, 15) is 4.79 Å². The summed E-state index contributed by atoms with van der Waals surface area (Å²) in [6.45, 7) is 1.34. The number of carbonyl (C=O) groups is 1. The van der Waals surface area contributed by atoms with Gasteiger partial charge >= 0.3 is 6.03 Å². The van der Waals surface area contributed by atoms with E-state index in [0.29, 0.717) is 19.3 Å². The van der Waals surface area contributed by atoms with Crippen LogP contribution in [0.15, 0.2) is 0 Å². The molecule has 2 amide bonds. The molecule has 0 radical (unpaired) electrons. The summed E-state index contributed by atoms with van der Waals surface area (Å²) in [5.74, 6) is 0. The molecule has 0 atom stereocenters. The van der Waals surface area contributed by atoms with E-state index in [2.05, 4.69) is 10.6 Å². The number of amides is 2. The lowest BCUT2D eigenvalue weighted by Gasteiger charge is -2.15. The highest BCUT2D eigenvalue weighted by Gasteiger charge is 2.12. The van der Waals surface area contributed by atoms with Crippen LogP contribution >= 0.6 is 0 Å². The summed E-state index contributed by atoms with van der Waals surface area (Å²) in [5.41, 5.74) is 0. The Balaban J connectivity index is 1.97. The van der Waals surface area contributed by atoms with Crippen LogP contribution in [-0.2, 0) is 4.74 Å². The maximum absolute atomic E-state index is 11.1. The standard InChI is InChI=1S/C12H24N2O3/c15-9-7-13-12(16)14-8-10-17-11-5-3-1-2-4-6-11/h11,15H,1-10H2,(H2,13,14,16). The summed E-state index contributed by atoms with van der Waals surface area (Å²) in [5, 5.41) is 13.7. The predicted octanol–water partition coefficient (Wildman–Crippen LogP) is 1.02. The molecule has 1 saturated carbocycles. The van der Waals surface area contributed by atoms with Gasteiger partial charge in [-0.15, -0.1) is 0 Å². The first-order chi connectivity index (χ1) is 8.33. The number of urea groups is 1. The zero-order valence-corrected chi connectivity index (χ0v) is 10.4. The minimum atomic E-state index is -0.247. The highest BCUT2D eigenvalue weighted by Crippen LogP contribution is 2.19. The van der Waals surface area contributed by atoms with Gasteiger partial charge in [-0.25, -0.2) is 4.79 Å². The average molecular weight is 244 g/mol. The molecule has 0 aromatic carbocycles. The third-order valence-electron chi connectivity index (χ3n) is 2.94. The van der Waals surface area contributed by atoms with Gasteiger partial charge in [-0.05, 0) is 12.8 Å². The van der Waals surface area contributed by atoms with Gasteiger partial charge in [0.2, 0.25) is 0 Å². The van der Waals surface area contributed by atoms with Crippen molar-refractivity contribution in [2.45, 2.75) is 44.6 Å². The Labute approximate surface area is 103 Å². The molecular weight excluding hydrogens is 220 g/mol. The lowest BCUT2D eigenvalue weighted by molar-refractivity contribution is 0.0460. The Kier molecular flexibility index (Phi) is 7.75. The van der Waals surface area contributed by atoms with E-state index in [-0.39, 0.29) is 19.2 Å². The SMILES string of the molecule is O=C(NCCO)NCCOC1CCCCCC1. The fourth-order valence-electron chi connectivity index (χ4n) is 2.03. The van der Waals surface area contributed by atoms with E-state index in [1.165, 1.54) is 25.7 Å². The monoisotopic (exact) mass is 244 g/mol. The summed E-state index contributed by atoms with van der Waals surface area (Å²) >= 11 is 0. The van der Waals surface area contributed by atoms with Crippen LogP contribution in [0.4, 0.5) is 4.79 Å². The van der Waals surface area contributed by atoms with Gasteiger partial charge in [0.05, 0.1) is 19.3 Å². The van der Waals surface area contributed by atoms with Crippen LogP contribution in [0.2, 0.25) is 0 Å². The quantitative estimate of drug-likeness (QED) is 0.482. The van der Waals surface area contributed by atoms with Crippen LogP contribution in [0.3, 0.4) is 0 Å². The molecule has 0 aromatic heterocycles. The van der Waals surface area contributed by atoms with Crippen LogP contribution < -0.4 is 10.6 Å². The van der Waals surface area contributed by atoms with Crippen LogP contribution in [0.5, 0.6) is 0 Å². The van der Waals surface area contributed by atoms with Crippen molar-refractivity contribution >= 4 is 6.03 Å². The van der Waals surface area contributed by atoms with Crippen molar-refractivity contribution in [3.05, 3.63) is 0 Å². The van der Waals surface area contributed by atoms with E-state index in [0.717, 1.165) is 12.8 Å². The zero-order valence-electron chi connectivity index (χ0n) is 10.4. The Morgan fingerprint density at radius 3 is 2.41 bits per heavy atom. The molecule has 0 unspecified atom stereocenters. The molecule has 17 heavy (non-hydrogen) atoms. The van der Waals surface area contributed by atoms with Crippen molar-refractivity contribution in [3.8, 4) is 0 Å². The van der Waals surface area contributed by atoms with Crippen molar-refractivity contribution in [1.82, 2.24) is 10.6 Å². The fraction of sp³-hybridized carbons (Fsp3) is 0.917. The van der Waals surface area contributed by atoms with Gasteiger partial charge in [0.25, 0.3) is 0 Å². The van der Waals surface area contributed by atoms with Gasteiger partial charge in [-0.3, -0.25) is 0 Å². The molecule has 0 spiro atoms. The third-order valence-corrected chi connectivity index (χ3v) is 2.94. The minimum Gasteiger partial charge on any atom is -0.395 e. The summed E-state index contributed by atoms with van der Waals surface area (Å²) in [6, 6.07) is -0.247. The van der Waals surface area contributed by atoms with Gasteiger partial charge in [0, 0.05) is 13.1 Å². The molecule has 0 aromatic rings. The lowest BCUT2D eigenvalue weighted by Crippen LogP contribution is -2.38. The Morgan fingerprint density at radius 1 is 1.12 bits per heavy atom. The summed E-state index contributed by atoms with van der Waals surface area (Å²) in [6.07, 6.45) is 7.83. The van der Waals surface area contributed by atoms with Crippen LogP contribution in [0.1, 0.15) is 38.5 Å². The zero-order chi connectivity index (χ0) is 12.3. The van der Waals surface area contributed by atoms with E-state index >= 15 is 0 Å². The maximum Gasteiger partial charge on any atom is 0.314 e. The molecule has 1 fully saturated rings. The molecule has 0 aliphatic heterocycles. The molecule has 0 saturated heterocycles. The number of hydrogen-bond acceptors (Lipinski definition) is 3. The summed E-state index contributed by atoms with van der Waals surface area (Å²) in [7, 11) is 0. The number of aliphatic hydroxyl groups is 1. The number of hydrogen-bond donors (Lipinski definition) is 3. The van der Waals surface area contributed by atoms with E-state index in [1.54, 1.807) is 0 Å². The van der Waals surface area contributed by atoms with Gasteiger partial charge in [-0.2, -0.15) is 0 Å². The smallest absolute Gasteiger partial charge is 0.314 e. The number of aliphatic hydroxyl groups excluding tert-OH is 1. The van der Waals surface area contributed by atoms with Gasteiger partial charge in [-0.1, -0.05) is 25.7 Å². The average Bonchev–Trinajstić information content (AvgIpc) is 2.60. The number of rotatable bonds is 6. The van der Waals surface area contributed by atoms with Crippen molar-refractivity contribution in [3.63, 3.8) is 0 Å². The highest BCUT2D eigenvalue weighted by atomic mass is 16.5. The van der Waals surface area contributed by atoms with E-state index in [4.69, 9.17) is 9.84 Å². The minimum absolute atomic E-state index is 0.0357. The first kappa shape index (κ1) is 14.3. The Hall–Kier alpha value is -0.810. The molecule has 3 N–H and O–H groups in total. The summed E-state index contributed by atoms with van der Waals surface area (Å²) < 4.78 is 5.73. The van der Waals surface area contributed by atoms with Gasteiger partial charge in [0.15, 0.2) is 0 Å². The van der Waals surface area contributed by atoms with Crippen molar-refractivity contribution < 1.29 is 14.6 Å². The first-order valence-corrected chi connectivity index (χ1v) is 6.57. The highest BCUT2D eigenvalue weighted by molar-refractivity contribution is 5.73. The van der Waals surface area contributed by atoms with Crippen molar-refractivity contribution in [2.75, 3.05) is 26.3 Å². The van der Waals surface area contributed by atoms with Crippen LogP contribution in [-0.4, -0.2) is 43.5 Å². The molecule has 0 bridgehead atoms. The lowest BCUT2D eigenvalue weighted by atomic mass is 10.1. The second kappa shape index (κ2) is 9.24. The normalized spacial score (nSPS) is 17.5. The first-order valence-electron chi connectivity index (χ1n) is 6.57. The van der Waals surface area contributed by atoms with Crippen molar-refractivity contribution in [1.29, 1.82) is 0 Å². The van der Waals surface area contributed by atoms with E-state index in [1.807, 2.05) is 0 Å². The molecule has 0 heterocycles. The Bertz CT molecular complexity index is 204. The molecule has 1 aliphatic rings. The molecule has 5 nitrogen and oxygen atoms in total. The molecule has 5 heteroatoms.